The topological polar surface area (TPSA) is 50.9 Å². The fourth-order valence-corrected chi connectivity index (χ4v) is 4.61. The van der Waals surface area contributed by atoms with E-state index in [0.29, 0.717) is 5.92 Å². The van der Waals surface area contributed by atoms with Crippen LogP contribution in [0.25, 0.3) is 10.2 Å². The minimum absolute atomic E-state index is 0.221. The molecular weight excluding hydrogens is 266 g/mol. The number of nitrogens with one attached hydrogen (secondary N) is 1. The quantitative estimate of drug-likeness (QED) is 0.666. The van der Waals surface area contributed by atoms with Crippen molar-refractivity contribution in [1.29, 1.82) is 0 Å². The minimum Gasteiger partial charge on any atom is -0.271 e. The number of hydrogen-bond acceptors (Lipinski definition) is 4. The summed E-state index contributed by atoms with van der Waals surface area (Å²) in [7, 11) is 0. The number of hydrazine groups is 1. The van der Waals surface area contributed by atoms with Gasteiger partial charge in [-0.3, -0.25) is 16.3 Å². The average Bonchev–Trinajstić information content (AvgIpc) is 2.86. The zero-order valence-electron chi connectivity index (χ0n) is 12.2. The summed E-state index contributed by atoms with van der Waals surface area (Å²) < 4.78 is 1.25. The van der Waals surface area contributed by atoms with Crippen LogP contribution in [0.4, 0.5) is 0 Å². The van der Waals surface area contributed by atoms with Gasteiger partial charge in [0.15, 0.2) is 0 Å². The van der Waals surface area contributed by atoms with Crippen LogP contribution in [0.5, 0.6) is 0 Å². The lowest BCUT2D eigenvalue weighted by Gasteiger charge is -2.36. The highest BCUT2D eigenvalue weighted by Crippen LogP contribution is 2.40. The van der Waals surface area contributed by atoms with E-state index in [1.165, 1.54) is 29.5 Å². The molecule has 108 valence electrons. The summed E-state index contributed by atoms with van der Waals surface area (Å²) in [6.45, 7) is 4.72. The van der Waals surface area contributed by atoms with Crippen LogP contribution in [0, 0.1) is 17.8 Å². The third-order valence-electron chi connectivity index (χ3n) is 4.55. The highest BCUT2D eigenvalue weighted by atomic mass is 32.1. The normalized spacial score (nSPS) is 28.6. The molecule has 0 amide bonds. The van der Waals surface area contributed by atoms with Crippen LogP contribution < -0.4 is 11.3 Å². The van der Waals surface area contributed by atoms with Gasteiger partial charge in [0, 0.05) is 6.20 Å². The maximum absolute atomic E-state index is 5.87. The molecule has 0 spiro atoms. The van der Waals surface area contributed by atoms with E-state index in [9.17, 15) is 0 Å². The molecule has 1 aliphatic carbocycles. The molecule has 3 rings (SSSR count). The molecule has 3 N–H and O–H groups in total. The SMILES string of the molecule is CC1CC(C)CC(C(NN)c2cnc3ccsc3c2)C1. The van der Waals surface area contributed by atoms with Gasteiger partial charge in [-0.2, -0.15) is 0 Å². The van der Waals surface area contributed by atoms with Crippen LogP contribution in [0.3, 0.4) is 0 Å². The largest absolute Gasteiger partial charge is 0.271 e. The van der Waals surface area contributed by atoms with Gasteiger partial charge in [-0.25, -0.2) is 0 Å². The Hall–Kier alpha value is -0.970. The van der Waals surface area contributed by atoms with Crippen LogP contribution in [-0.4, -0.2) is 4.98 Å². The summed E-state index contributed by atoms with van der Waals surface area (Å²) in [5, 5.41) is 2.09. The second kappa shape index (κ2) is 5.80. The first kappa shape index (κ1) is 14.0. The highest BCUT2D eigenvalue weighted by molar-refractivity contribution is 7.17. The van der Waals surface area contributed by atoms with Crippen LogP contribution in [0.15, 0.2) is 23.7 Å². The summed E-state index contributed by atoms with van der Waals surface area (Å²) in [5.74, 6) is 8.06. The number of rotatable bonds is 3. The molecule has 1 aliphatic rings. The Morgan fingerprint density at radius 2 is 2.05 bits per heavy atom. The highest BCUT2D eigenvalue weighted by Gasteiger charge is 2.30. The Bertz CT molecular complexity index is 570. The average molecular weight is 289 g/mol. The molecule has 2 heterocycles. The van der Waals surface area contributed by atoms with Crippen molar-refractivity contribution in [2.24, 2.45) is 23.6 Å². The Balaban J connectivity index is 1.88. The molecule has 1 fully saturated rings. The molecule has 2 aromatic heterocycles. The maximum Gasteiger partial charge on any atom is 0.0809 e. The molecule has 1 saturated carbocycles. The van der Waals surface area contributed by atoms with E-state index >= 15 is 0 Å². The van der Waals surface area contributed by atoms with Crippen molar-refractivity contribution in [3.63, 3.8) is 0 Å². The van der Waals surface area contributed by atoms with E-state index in [-0.39, 0.29) is 6.04 Å². The second-order valence-corrected chi connectivity index (χ2v) is 7.34. The fourth-order valence-electron chi connectivity index (χ4n) is 3.82. The van der Waals surface area contributed by atoms with Gasteiger partial charge in [0.05, 0.1) is 16.3 Å². The van der Waals surface area contributed by atoms with E-state index in [1.54, 1.807) is 11.3 Å². The minimum atomic E-state index is 0.221. The van der Waals surface area contributed by atoms with Crippen molar-refractivity contribution >= 4 is 21.6 Å². The number of nitrogens with two attached hydrogens (primary N) is 1. The Labute approximate surface area is 124 Å². The summed E-state index contributed by atoms with van der Waals surface area (Å²) in [4.78, 5) is 4.56. The van der Waals surface area contributed by atoms with Crippen LogP contribution in [-0.2, 0) is 0 Å². The van der Waals surface area contributed by atoms with Gasteiger partial charge >= 0.3 is 0 Å². The number of pyridine rings is 1. The first-order chi connectivity index (χ1) is 9.67. The predicted molar refractivity (Wildman–Crippen MR) is 85.4 cm³/mol. The van der Waals surface area contributed by atoms with Gasteiger partial charge in [0.2, 0.25) is 0 Å². The molecule has 0 radical (unpaired) electrons. The summed E-state index contributed by atoms with van der Waals surface area (Å²) in [6, 6.07) is 4.54. The van der Waals surface area contributed by atoms with E-state index < -0.39 is 0 Å². The maximum atomic E-state index is 5.87. The third-order valence-corrected chi connectivity index (χ3v) is 5.40. The summed E-state index contributed by atoms with van der Waals surface area (Å²) in [5.41, 5.74) is 5.36. The van der Waals surface area contributed by atoms with E-state index in [0.717, 1.165) is 17.4 Å². The van der Waals surface area contributed by atoms with Crippen molar-refractivity contribution in [3.05, 3.63) is 29.3 Å². The fraction of sp³-hybridized carbons (Fsp3) is 0.562. The van der Waals surface area contributed by atoms with Gasteiger partial charge in [0.1, 0.15) is 0 Å². The zero-order chi connectivity index (χ0) is 14.1. The first-order valence-electron chi connectivity index (χ1n) is 7.46. The zero-order valence-corrected chi connectivity index (χ0v) is 13.0. The Morgan fingerprint density at radius 3 is 2.75 bits per heavy atom. The van der Waals surface area contributed by atoms with Crippen molar-refractivity contribution in [2.75, 3.05) is 0 Å². The molecular formula is C16H23N3S. The first-order valence-corrected chi connectivity index (χ1v) is 8.34. The Morgan fingerprint density at radius 1 is 1.30 bits per heavy atom. The number of nitrogens with zero attached hydrogens (tertiary/aromatic N) is 1. The molecule has 3 unspecified atom stereocenters. The summed E-state index contributed by atoms with van der Waals surface area (Å²) in [6.07, 6.45) is 5.84. The van der Waals surface area contributed by atoms with Crippen molar-refractivity contribution in [1.82, 2.24) is 10.4 Å². The van der Waals surface area contributed by atoms with Gasteiger partial charge < -0.3 is 0 Å². The third kappa shape index (κ3) is 2.73. The summed E-state index contributed by atoms with van der Waals surface area (Å²) >= 11 is 1.75. The molecule has 3 nitrogen and oxygen atoms in total. The Kier molecular flexibility index (Phi) is 4.06. The lowest BCUT2D eigenvalue weighted by molar-refractivity contribution is 0.177. The van der Waals surface area contributed by atoms with Crippen molar-refractivity contribution < 1.29 is 0 Å². The molecule has 0 aliphatic heterocycles. The van der Waals surface area contributed by atoms with Crippen LogP contribution in [0.2, 0.25) is 0 Å². The number of thiophene rings is 1. The van der Waals surface area contributed by atoms with E-state index in [2.05, 4.69) is 41.8 Å². The number of hydrogen-bond donors (Lipinski definition) is 2. The lowest BCUT2D eigenvalue weighted by atomic mass is 9.73. The van der Waals surface area contributed by atoms with Crippen molar-refractivity contribution in [2.45, 2.75) is 39.2 Å². The monoisotopic (exact) mass is 289 g/mol. The van der Waals surface area contributed by atoms with Gasteiger partial charge in [-0.15, -0.1) is 11.3 Å². The van der Waals surface area contributed by atoms with Crippen molar-refractivity contribution in [3.8, 4) is 0 Å². The molecule has 4 heteroatoms. The van der Waals surface area contributed by atoms with Crippen LogP contribution in [0.1, 0.15) is 44.7 Å². The molecule has 2 aromatic rings. The molecule has 0 bridgehead atoms. The van der Waals surface area contributed by atoms with Gasteiger partial charge in [-0.05, 0) is 60.1 Å². The molecule has 0 saturated heterocycles. The van der Waals surface area contributed by atoms with Crippen LogP contribution >= 0.6 is 11.3 Å². The standard InChI is InChI=1S/C16H23N3S/c1-10-5-11(2)7-12(6-10)16(19-17)13-8-15-14(18-9-13)3-4-20-15/h3-4,8-12,16,19H,5-7,17H2,1-2H3. The lowest BCUT2D eigenvalue weighted by Crippen LogP contribution is -2.37. The van der Waals surface area contributed by atoms with Gasteiger partial charge in [-0.1, -0.05) is 13.8 Å². The predicted octanol–water partition coefficient (Wildman–Crippen LogP) is 3.87. The number of fused-ring (bicyclic) bond motifs is 1. The van der Waals surface area contributed by atoms with E-state index in [4.69, 9.17) is 5.84 Å². The van der Waals surface area contributed by atoms with E-state index in [1.807, 2.05) is 6.20 Å². The second-order valence-electron chi connectivity index (χ2n) is 6.39. The van der Waals surface area contributed by atoms with Gasteiger partial charge in [0.25, 0.3) is 0 Å². The molecule has 20 heavy (non-hydrogen) atoms. The smallest absolute Gasteiger partial charge is 0.0809 e. The molecule has 3 atom stereocenters. The molecule has 0 aromatic carbocycles. The number of aromatic nitrogens is 1.